The van der Waals surface area contributed by atoms with Crippen LogP contribution >= 0.6 is 24.0 Å². The maximum atomic E-state index is 11.3. The molecule has 1 amide bonds. The summed E-state index contributed by atoms with van der Waals surface area (Å²) in [6.45, 7) is 0.673. The summed E-state index contributed by atoms with van der Waals surface area (Å²) in [6.07, 6.45) is 0.461. The lowest BCUT2D eigenvalue weighted by molar-refractivity contribution is -0.116. The minimum atomic E-state index is -0.0124. The zero-order valence-corrected chi connectivity index (χ0v) is 9.99. The van der Waals surface area contributed by atoms with Crippen LogP contribution in [0.5, 0.6) is 0 Å². The topological polar surface area (TPSA) is 41.1 Å². The summed E-state index contributed by atoms with van der Waals surface area (Å²) in [6, 6.07) is 7.10. The van der Waals surface area contributed by atoms with Crippen LogP contribution in [0.4, 0.5) is 5.69 Å². The van der Waals surface area contributed by atoms with Gasteiger partial charge < -0.3 is 10.6 Å². The molecule has 0 aliphatic rings. The van der Waals surface area contributed by atoms with Crippen LogP contribution in [0.15, 0.2) is 24.3 Å². The van der Waals surface area contributed by atoms with E-state index in [0.717, 1.165) is 5.69 Å². The van der Waals surface area contributed by atoms with Crippen molar-refractivity contribution in [3.8, 4) is 0 Å². The average Bonchev–Trinajstić information content (AvgIpc) is 2.15. The second kappa shape index (κ2) is 7.51. The van der Waals surface area contributed by atoms with Crippen LogP contribution in [-0.4, -0.2) is 19.5 Å². The minimum Gasteiger partial charge on any atom is -0.326 e. The van der Waals surface area contributed by atoms with Crippen LogP contribution < -0.4 is 10.6 Å². The van der Waals surface area contributed by atoms with E-state index >= 15 is 0 Å². The number of benzene rings is 1. The Morgan fingerprint density at radius 3 is 2.80 bits per heavy atom. The zero-order chi connectivity index (χ0) is 10.4. The first kappa shape index (κ1) is 14.2. The van der Waals surface area contributed by atoms with E-state index in [1.54, 1.807) is 18.2 Å². The van der Waals surface area contributed by atoms with Gasteiger partial charge in [-0.25, -0.2) is 0 Å². The first-order chi connectivity index (χ1) is 6.72. The number of amides is 1. The van der Waals surface area contributed by atoms with E-state index in [-0.39, 0.29) is 18.3 Å². The smallest absolute Gasteiger partial charge is 0.225 e. The van der Waals surface area contributed by atoms with E-state index in [4.69, 9.17) is 11.6 Å². The molecule has 0 heterocycles. The van der Waals surface area contributed by atoms with Crippen molar-refractivity contribution in [2.24, 2.45) is 0 Å². The molecular formula is C10H14Cl2N2O. The highest BCUT2D eigenvalue weighted by Crippen LogP contribution is 2.14. The van der Waals surface area contributed by atoms with E-state index in [1.807, 2.05) is 13.1 Å². The Morgan fingerprint density at radius 1 is 1.47 bits per heavy atom. The lowest BCUT2D eigenvalue weighted by atomic mass is 10.3. The first-order valence-corrected chi connectivity index (χ1v) is 4.80. The van der Waals surface area contributed by atoms with Crippen molar-refractivity contribution < 1.29 is 4.79 Å². The third-order valence-electron chi connectivity index (χ3n) is 1.71. The second-order valence-corrected chi connectivity index (χ2v) is 3.35. The maximum Gasteiger partial charge on any atom is 0.225 e. The molecule has 15 heavy (non-hydrogen) atoms. The average molecular weight is 249 g/mol. The molecule has 0 spiro atoms. The van der Waals surface area contributed by atoms with Gasteiger partial charge in [-0.2, -0.15) is 0 Å². The lowest BCUT2D eigenvalue weighted by Crippen LogP contribution is -2.18. The van der Waals surface area contributed by atoms with Gasteiger partial charge >= 0.3 is 0 Å². The van der Waals surface area contributed by atoms with Crippen LogP contribution in [0.1, 0.15) is 6.42 Å². The predicted molar refractivity (Wildman–Crippen MR) is 65.9 cm³/mol. The molecule has 0 fully saturated rings. The van der Waals surface area contributed by atoms with Crippen LogP contribution in [0.25, 0.3) is 0 Å². The number of nitrogens with one attached hydrogen (secondary N) is 2. The molecule has 1 rings (SSSR count). The van der Waals surface area contributed by atoms with E-state index < -0.39 is 0 Å². The molecule has 0 radical (unpaired) electrons. The summed E-state index contributed by atoms with van der Waals surface area (Å²) >= 11 is 5.77. The molecule has 3 nitrogen and oxygen atoms in total. The summed E-state index contributed by atoms with van der Waals surface area (Å²) in [4.78, 5) is 11.3. The molecule has 0 atom stereocenters. The standard InChI is InChI=1S/C10H13ClN2O.ClH/c1-12-6-5-10(14)13-9-4-2-3-8(11)7-9;/h2-4,7,12H,5-6H2,1H3,(H,13,14);1H. The van der Waals surface area contributed by atoms with Crippen molar-refractivity contribution in [2.75, 3.05) is 18.9 Å². The Morgan fingerprint density at radius 2 is 2.20 bits per heavy atom. The van der Waals surface area contributed by atoms with Gasteiger partial charge in [0.2, 0.25) is 5.91 Å². The van der Waals surface area contributed by atoms with Crippen molar-refractivity contribution in [3.05, 3.63) is 29.3 Å². The number of hydrogen-bond donors (Lipinski definition) is 2. The first-order valence-electron chi connectivity index (χ1n) is 4.42. The molecule has 0 unspecified atom stereocenters. The van der Waals surface area contributed by atoms with Crippen molar-refractivity contribution in [3.63, 3.8) is 0 Å². The summed E-state index contributed by atoms with van der Waals surface area (Å²) < 4.78 is 0. The fourth-order valence-electron chi connectivity index (χ4n) is 1.03. The Bertz CT molecular complexity index is 318. The molecule has 1 aromatic rings. The Balaban J connectivity index is 0.00000196. The number of halogens is 2. The number of carbonyl (C=O) groups is 1. The molecule has 0 aliphatic heterocycles. The van der Waals surface area contributed by atoms with Gasteiger partial charge in [0, 0.05) is 23.7 Å². The van der Waals surface area contributed by atoms with Gasteiger partial charge in [-0.3, -0.25) is 4.79 Å². The maximum absolute atomic E-state index is 11.3. The van der Waals surface area contributed by atoms with Gasteiger partial charge in [0.1, 0.15) is 0 Å². The van der Waals surface area contributed by atoms with Crippen LogP contribution in [0.3, 0.4) is 0 Å². The quantitative estimate of drug-likeness (QED) is 0.859. The molecular weight excluding hydrogens is 235 g/mol. The molecule has 84 valence electrons. The van der Waals surface area contributed by atoms with Crippen molar-refractivity contribution >= 4 is 35.6 Å². The second-order valence-electron chi connectivity index (χ2n) is 2.91. The van der Waals surface area contributed by atoms with E-state index in [0.29, 0.717) is 18.0 Å². The number of hydrogen-bond acceptors (Lipinski definition) is 2. The molecule has 1 aromatic carbocycles. The molecule has 2 N–H and O–H groups in total. The molecule has 0 saturated heterocycles. The highest BCUT2D eigenvalue weighted by molar-refractivity contribution is 6.30. The SMILES string of the molecule is CNCCC(=O)Nc1cccc(Cl)c1.Cl. The minimum absolute atomic E-state index is 0. The van der Waals surface area contributed by atoms with Gasteiger partial charge in [0.05, 0.1) is 0 Å². The largest absolute Gasteiger partial charge is 0.326 e. The number of carbonyl (C=O) groups excluding carboxylic acids is 1. The fraction of sp³-hybridized carbons (Fsp3) is 0.300. The van der Waals surface area contributed by atoms with Gasteiger partial charge in [-0.15, -0.1) is 12.4 Å². The molecule has 0 bridgehead atoms. The Kier molecular flexibility index (Phi) is 7.13. The lowest BCUT2D eigenvalue weighted by Gasteiger charge is -2.04. The molecule has 5 heteroatoms. The van der Waals surface area contributed by atoms with Gasteiger partial charge in [0.15, 0.2) is 0 Å². The number of rotatable bonds is 4. The van der Waals surface area contributed by atoms with E-state index in [1.165, 1.54) is 0 Å². The van der Waals surface area contributed by atoms with Gasteiger partial charge in [-0.05, 0) is 25.2 Å². The molecule has 0 aromatic heterocycles. The van der Waals surface area contributed by atoms with E-state index in [2.05, 4.69) is 10.6 Å². The fourth-order valence-corrected chi connectivity index (χ4v) is 1.22. The highest BCUT2D eigenvalue weighted by atomic mass is 35.5. The highest BCUT2D eigenvalue weighted by Gasteiger charge is 2.00. The van der Waals surface area contributed by atoms with Crippen LogP contribution in [0.2, 0.25) is 5.02 Å². The predicted octanol–water partition coefficient (Wildman–Crippen LogP) is 2.31. The zero-order valence-electron chi connectivity index (χ0n) is 8.42. The van der Waals surface area contributed by atoms with Gasteiger partial charge in [0.25, 0.3) is 0 Å². The normalized spacial score (nSPS) is 9.20. The Labute approximate surface area is 101 Å². The summed E-state index contributed by atoms with van der Waals surface area (Å²) in [5.41, 5.74) is 0.735. The van der Waals surface area contributed by atoms with E-state index in [9.17, 15) is 4.79 Å². The van der Waals surface area contributed by atoms with Crippen LogP contribution in [-0.2, 0) is 4.79 Å². The monoisotopic (exact) mass is 248 g/mol. The summed E-state index contributed by atoms with van der Waals surface area (Å²) in [5.74, 6) is -0.0124. The number of anilines is 1. The third-order valence-corrected chi connectivity index (χ3v) is 1.95. The molecule has 0 aliphatic carbocycles. The summed E-state index contributed by atoms with van der Waals surface area (Å²) in [7, 11) is 1.81. The summed E-state index contributed by atoms with van der Waals surface area (Å²) in [5, 5.41) is 6.28. The third kappa shape index (κ3) is 5.62. The van der Waals surface area contributed by atoms with Crippen LogP contribution in [0, 0.1) is 0 Å². The van der Waals surface area contributed by atoms with Crippen molar-refractivity contribution in [1.29, 1.82) is 0 Å². The van der Waals surface area contributed by atoms with Crippen molar-refractivity contribution in [1.82, 2.24) is 5.32 Å². The molecule has 0 saturated carbocycles. The Hall–Kier alpha value is -0.770. The van der Waals surface area contributed by atoms with Gasteiger partial charge in [-0.1, -0.05) is 17.7 Å². The van der Waals surface area contributed by atoms with Crippen molar-refractivity contribution in [2.45, 2.75) is 6.42 Å².